The van der Waals surface area contributed by atoms with Crippen LogP contribution in [0, 0.1) is 0 Å². The molecule has 1 heterocycles. The minimum atomic E-state index is 0.405. The molecular weight excluding hydrogens is 216 g/mol. The number of methoxy groups -OCH3 is 2. The van der Waals surface area contributed by atoms with E-state index in [1.54, 1.807) is 14.2 Å². The highest BCUT2D eigenvalue weighted by Gasteiger charge is 2.22. The Bertz CT molecular complexity index is 338. The van der Waals surface area contributed by atoms with Crippen LogP contribution in [0.2, 0.25) is 0 Å². The van der Waals surface area contributed by atoms with Crippen molar-refractivity contribution in [2.75, 3.05) is 45.4 Å². The number of ether oxygens (including phenoxy) is 2. The standard InChI is InChI=1S/C13H20N2O2/c1-16-10-12-9-14-7-8-15(12)11-3-5-13(17-2)6-4-11/h3-6,12,14H,7-10H2,1-2H3. The quantitative estimate of drug-likeness (QED) is 0.849. The summed E-state index contributed by atoms with van der Waals surface area (Å²) in [5.41, 5.74) is 1.23. The molecule has 1 fully saturated rings. The third-order valence-electron chi connectivity index (χ3n) is 3.11. The molecule has 0 spiro atoms. The molecule has 0 radical (unpaired) electrons. The molecular formula is C13H20N2O2. The maximum atomic E-state index is 5.27. The average Bonchev–Trinajstić information content (AvgIpc) is 2.40. The first-order valence-electron chi connectivity index (χ1n) is 5.95. The second kappa shape index (κ2) is 5.89. The van der Waals surface area contributed by atoms with Crippen molar-refractivity contribution < 1.29 is 9.47 Å². The summed E-state index contributed by atoms with van der Waals surface area (Å²) in [5.74, 6) is 0.896. The molecule has 1 saturated heterocycles. The number of nitrogens with zero attached hydrogens (tertiary/aromatic N) is 1. The number of benzene rings is 1. The molecule has 1 aromatic rings. The lowest BCUT2D eigenvalue weighted by molar-refractivity contribution is 0.170. The molecule has 1 aliphatic rings. The van der Waals surface area contributed by atoms with Crippen LogP contribution in [-0.4, -0.2) is 46.5 Å². The van der Waals surface area contributed by atoms with Crippen molar-refractivity contribution in [1.29, 1.82) is 0 Å². The molecule has 0 aromatic heterocycles. The van der Waals surface area contributed by atoms with Gasteiger partial charge in [-0.3, -0.25) is 0 Å². The third-order valence-corrected chi connectivity index (χ3v) is 3.11. The van der Waals surface area contributed by atoms with Gasteiger partial charge in [0.2, 0.25) is 0 Å². The Hall–Kier alpha value is -1.26. The van der Waals surface area contributed by atoms with Gasteiger partial charge >= 0.3 is 0 Å². The van der Waals surface area contributed by atoms with Crippen LogP contribution < -0.4 is 15.0 Å². The molecule has 1 N–H and O–H groups in total. The minimum absolute atomic E-state index is 0.405. The van der Waals surface area contributed by atoms with E-state index in [1.807, 2.05) is 12.1 Å². The Morgan fingerprint density at radius 1 is 1.29 bits per heavy atom. The van der Waals surface area contributed by atoms with E-state index in [0.717, 1.165) is 32.0 Å². The third kappa shape index (κ3) is 2.90. The molecule has 1 aliphatic heterocycles. The van der Waals surface area contributed by atoms with E-state index in [-0.39, 0.29) is 0 Å². The van der Waals surface area contributed by atoms with Gasteiger partial charge in [0.25, 0.3) is 0 Å². The van der Waals surface area contributed by atoms with E-state index in [4.69, 9.17) is 9.47 Å². The Balaban J connectivity index is 2.11. The predicted octanol–water partition coefficient (Wildman–Crippen LogP) is 1.12. The van der Waals surface area contributed by atoms with E-state index >= 15 is 0 Å². The number of hydrogen-bond acceptors (Lipinski definition) is 4. The number of anilines is 1. The fraction of sp³-hybridized carbons (Fsp3) is 0.538. The van der Waals surface area contributed by atoms with Gasteiger partial charge in [-0.1, -0.05) is 0 Å². The predicted molar refractivity (Wildman–Crippen MR) is 68.9 cm³/mol. The zero-order chi connectivity index (χ0) is 12.1. The fourth-order valence-electron chi connectivity index (χ4n) is 2.22. The Morgan fingerprint density at radius 3 is 2.71 bits per heavy atom. The monoisotopic (exact) mass is 236 g/mol. The summed E-state index contributed by atoms with van der Waals surface area (Å²) >= 11 is 0. The summed E-state index contributed by atoms with van der Waals surface area (Å²) in [7, 11) is 3.44. The maximum Gasteiger partial charge on any atom is 0.119 e. The number of piperazine rings is 1. The van der Waals surface area contributed by atoms with Crippen LogP contribution in [0.15, 0.2) is 24.3 Å². The van der Waals surface area contributed by atoms with Gasteiger partial charge in [0.05, 0.1) is 19.8 Å². The van der Waals surface area contributed by atoms with Crippen LogP contribution in [0.5, 0.6) is 5.75 Å². The molecule has 0 bridgehead atoms. The molecule has 0 aliphatic carbocycles. The first-order chi connectivity index (χ1) is 8.35. The summed E-state index contributed by atoms with van der Waals surface area (Å²) < 4.78 is 10.4. The van der Waals surface area contributed by atoms with E-state index in [1.165, 1.54) is 5.69 Å². The SMILES string of the molecule is COCC1CNCCN1c1ccc(OC)cc1. The Kier molecular flexibility index (Phi) is 4.23. The summed E-state index contributed by atoms with van der Waals surface area (Å²) in [6.45, 7) is 3.76. The lowest BCUT2D eigenvalue weighted by Crippen LogP contribution is -2.53. The second-order valence-electron chi connectivity index (χ2n) is 4.20. The molecule has 17 heavy (non-hydrogen) atoms. The van der Waals surface area contributed by atoms with Crippen molar-refractivity contribution in [1.82, 2.24) is 5.32 Å². The van der Waals surface area contributed by atoms with Crippen molar-refractivity contribution in [2.45, 2.75) is 6.04 Å². The van der Waals surface area contributed by atoms with Crippen molar-refractivity contribution in [3.05, 3.63) is 24.3 Å². The maximum absolute atomic E-state index is 5.27. The summed E-state index contributed by atoms with van der Waals surface area (Å²) in [5, 5.41) is 3.40. The molecule has 0 amide bonds. The van der Waals surface area contributed by atoms with Crippen LogP contribution in [-0.2, 0) is 4.74 Å². The summed E-state index contributed by atoms with van der Waals surface area (Å²) in [6, 6.07) is 8.62. The minimum Gasteiger partial charge on any atom is -0.497 e. The Morgan fingerprint density at radius 2 is 2.06 bits per heavy atom. The fourth-order valence-corrected chi connectivity index (χ4v) is 2.22. The second-order valence-corrected chi connectivity index (χ2v) is 4.20. The van der Waals surface area contributed by atoms with E-state index in [9.17, 15) is 0 Å². The normalized spacial score (nSPS) is 20.4. The van der Waals surface area contributed by atoms with Crippen LogP contribution in [0.3, 0.4) is 0 Å². The highest BCUT2D eigenvalue weighted by molar-refractivity contribution is 5.50. The van der Waals surface area contributed by atoms with Gasteiger partial charge in [-0.2, -0.15) is 0 Å². The average molecular weight is 236 g/mol. The van der Waals surface area contributed by atoms with Crippen LogP contribution >= 0.6 is 0 Å². The van der Waals surface area contributed by atoms with E-state index < -0.39 is 0 Å². The zero-order valence-electron chi connectivity index (χ0n) is 10.5. The van der Waals surface area contributed by atoms with Gasteiger partial charge in [-0.15, -0.1) is 0 Å². The van der Waals surface area contributed by atoms with Gasteiger partial charge in [-0.05, 0) is 24.3 Å². The van der Waals surface area contributed by atoms with Gasteiger partial charge in [0.1, 0.15) is 5.75 Å². The number of hydrogen-bond donors (Lipinski definition) is 1. The van der Waals surface area contributed by atoms with Gasteiger partial charge < -0.3 is 19.7 Å². The van der Waals surface area contributed by atoms with E-state index in [2.05, 4.69) is 22.3 Å². The summed E-state index contributed by atoms with van der Waals surface area (Å²) in [6.07, 6.45) is 0. The number of rotatable bonds is 4. The van der Waals surface area contributed by atoms with Crippen molar-refractivity contribution >= 4 is 5.69 Å². The lowest BCUT2D eigenvalue weighted by Gasteiger charge is -2.37. The van der Waals surface area contributed by atoms with Crippen molar-refractivity contribution in [3.63, 3.8) is 0 Å². The molecule has 1 aromatic carbocycles. The molecule has 4 heteroatoms. The molecule has 4 nitrogen and oxygen atoms in total. The van der Waals surface area contributed by atoms with Crippen LogP contribution in [0.4, 0.5) is 5.69 Å². The van der Waals surface area contributed by atoms with E-state index in [0.29, 0.717) is 6.04 Å². The van der Waals surface area contributed by atoms with Crippen molar-refractivity contribution in [3.8, 4) is 5.75 Å². The first-order valence-corrected chi connectivity index (χ1v) is 5.95. The molecule has 0 saturated carbocycles. The van der Waals surface area contributed by atoms with Crippen molar-refractivity contribution in [2.24, 2.45) is 0 Å². The number of nitrogens with one attached hydrogen (secondary N) is 1. The molecule has 1 unspecified atom stereocenters. The van der Waals surface area contributed by atoms with Gasteiger partial charge in [-0.25, -0.2) is 0 Å². The van der Waals surface area contributed by atoms with Crippen LogP contribution in [0.1, 0.15) is 0 Å². The molecule has 2 rings (SSSR count). The van der Waals surface area contributed by atoms with Crippen LogP contribution in [0.25, 0.3) is 0 Å². The van der Waals surface area contributed by atoms with Gasteiger partial charge in [0.15, 0.2) is 0 Å². The first kappa shape index (κ1) is 12.2. The summed E-state index contributed by atoms with van der Waals surface area (Å²) in [4.78, 5) is 2.39. The topological polar surface area (TPSA) is 33.7 Å². The molecule has 1 atom stereocenters. The highest BCUT2D eigenvalue weighted by atomic mass is 16.5. The molecule has 94 valence electrons. The largest absolute Gasteiger partial charge is 0.497 e. The lowest BCUT2D eigenvalue weighted by atomic mass is 10.1. The highest BCUT2D eigenvalue weighted by Crippen LogP contribution is 2.21. The zero-order valence-corrected chi connectivity index (χ0v) is 10.5. The smallest absolute Gasteiger partial charge is 0.119 e. The Labute approximate surface area is 103 Å². The van der Waals surface area contributed by atoms with Gasteiger partial charge in [0, 0.05) is 32.4 Å².